The van der Waals surface area contributed by atoms with Crippen LogP contribution in [0.5, 0.6) is 17.2 Å². The minimum Gasteiger partial charge on any atom is -0.508 e. The number of fused-ring (bicyclic) bond motifs is 1. The van der Waals surface area contributed by atoms with Gasteiger partial charge in [-0.3, -0.25) is 4.79 Å². The molecule has 202 valence electrons. The quantitative estimate of drug-likeness (QED) is 0.327. The molecule has 0 spiro atoms. The maximum atomic E-state index is 12.7. The Morgan fingerprint density at radius 1 is 0.692 bits per heavy atom. The molecule has 5 rings (SSSR count). The lowest BCUT2D eigenvalue weighted by Crippen LogP contribution is -2.36. The van der Waals surface area contributed by atoms with E-state index in [0.717, 1.165) is 5.56 Å². The van der Waals surface area contributed by atoms with Crippen molar-refractivity contribution in [3.8, 4) is 17.2 Å². The second-order valence-electron chi connectivity index (χ2n) is 9.20. The van der Waals surface area contributed by atoms with E-state index in [-0.39, 0.29) is 42.3 Å². The molecule has 10 nitrogen and oxygen atoms in total. The van der Waals surface area contributed by atoms with Crippen molar-refractivity contribution >= 4 is 17.9 Å². The van der Waals surface area contributed by atoms with Gasteiger partial charge in [0.15, 0.2) is 12.2 Å². The van der Waals surface area contributed by atoms with Gasteiger partial charge in [0.2, 0.25) is 0 Å². The topological polar surface area (TPSA) is 138 Å². The fourth-order valence-electron chi connectivity index (χ4n) is 4.39. The zero-order chi connectivity index (χ0) is 27.4. The number of benzene rings is 3. The molecule has 3 aromatic carbocycles. The molecule has 2 heterocycles. The van der Waals surface area contributed by atoms with Crippen LogP contribution < -0.4 is 4.74 Å². The first-order valence-corrected chi connectivity index (χ1v) is 12.4. The highest BCUT2D eigenvalue weighted by molar-refractivity contribution is 5.90. The van der Waals surface area contributed by atoms with E-state index in [2.05, 4.69) is 0 Å². The van der Waals surface area contributed by atoms with Gasteiger partial charge < -0.3 is 33.9 Å². The highest BCUT2D eigenvalue weighted by Gasteiger charge is 2.51. The van der Waals surface area contributed by atoms with Gasteiger partial charge in [0, 0.05) is 6.42 Å². The Bertz CT molecular complexity index is 1320. The Balaban J connectivity index is 1.09. The molecule has 2 N–H and O–H groups in total. The van der Waals surface area contributed by atoms with Gasteiger partial charge in [-0.25, -0.2) is 9.59 Å². The van der Waals surface area contributed by atoms with Gasteiger partial charge in [-0.2, -0.15) is 0 Å². The normalized spacial score (nSPS) is 21.6. The van der Waals surface area contributed by atoms with Crippen molar-refractivity contribution in [2.75, 3.05) is 13.2 Å². The zero-order valence-electron chi connectivity index (χ0n) is 20.7. The molecule has 0 aliphatic carbocycles. The first kappa shape index (κ1) is 26.2. The number of rotatable bonds is 8. The van der Waals surface area contributed by atoms with E-state index in [9.17, 15) is 24.6 Å². The highest BCUT2D eigenvalue weighted by atomic mass is 16.7. The third-order valence-corrected chi connectivity index (χ3v) is 6.46. The molecule has 39 heavy (non-hydrogen) atoms. The third kappa shape index (κ3) is 6.36. The number of aromatic hydroxyl groups is 2. The molecule has 0 saturated carbocycles. The summed E-state index contributed by atoms with van der Waals surface area (Å²) in [4.78, 5) is 37.3. The molecule has 4 atom stereocenters. The van der Waals surface area contributed by atoms with E-state index in [1.165, 1.54) is 48.5 Å². The Morgan fingerprint density at radius 2 is 1.15 bits per heavy atom. The molecule has 0 amide bonds. The Labute approximate surface area is 223 Å². The summed E-state index contributed by atoms with van der Waals surface area (Å²) in [5, 5.41) is 18.7. The van der Waals surface area contributed by atoms with Gasteiger partial charge in [-0.05, 0) is 72.6 Å². The predicted octanol–water partition coefficient (Wildman–Crippen LogP) is 3.18. The third-order valence-electron chi connectivity index (χ3n) is 6.46. The van der Waals surface area contributed by atoms with Crippen molar-refractivity contribution in [3.63, 3.8) is 0 Å². The van der Waals surface area contributed by atoms with Gasteiger partial charge in [0.25, 0.3) is 0 Å². The summed E-state index contributed by atoms with van der Waals surface area (Å²) in [6.07, 6.45) is -1.88. The molecule has 2 aliphatic rings. The smallest absolute Gasteiger partial charge is 0.338 e. The van der Waals surface area contributed by atoms with Crippen molar-refractivity contribution in [1.82, 2.24) is 0 Å². The Morgan fingerprint density at radius 3 is 1.67 bits per heavy atom. The van der Waals surface area contributed by atoms with Crippen LogP contribution in [0.1, 0.15) is 32.7 Å². The van der Waals surface area contributed by atoms with Crippen LogP contribution in [0.4, 0.5) is 0 Å². The number of phenolic OH excluding ortho intramolecular Hbond substituents is 2. The van der Waals surface area contributed by atoms with E-state index in [0.29, 0.717) is 12.2 Å². The second-order valence-corrected chi connectivity index (χ2v) is 9.20. The number of ether oxygens (including phenoxy) is 5. The number of carbonyl (C=O) groups is 3. The monoisotopic (exact) mass is 534 g/mol. The summed E-state index contributed by atoms with van der Waals surface area (Å²) in [5.74, 6) is -1.10. The lowest BCUT2D eigenvalue weighted by atomic mass is 10.1. The fourth-order valence-corrected chi connectivity index (χ4v) is 4.39. The molecule has 2 saturated heterocycles. The van der Waals surface area contributed by atoms with Crippen LogP contribution >= 0.6 is 0 Å². The van der Waals surface area contributed by atoms with Gasteiger partial charge in [-0.1, -0.05) is 12.1 Å². The lowest BCUT2D eigenvalue weighted by molar-refractivity contribution is -0.134. The molecule has 3 aromatic rings. The number of aryl methyl sites for hydroxylation is 1. The van der Waals surface area contributed by atoms with Crippen LogP contribution in [0.15, 0.2) is 72.8 Å². The van der Waals surface area contributed by atoms with Gasteiger partial charge in [-0.15, -0.1) is 0 Å². The average molecular weight is 535 g/mol. The number of hydrogen-bond donors (Lipinski definition) is 2. The van der Waals surface area contributed by atoms with Crippen molar-refractivity contribution in [2.24, 2.45) is 0 Å². The van der Waals surface area contributed by atoms with Crippen molar-refractivity contribution in [2.45, 2.75) is 37.3 Å². The van der Waals surface area contributed by atoms with Gasteiger partial charge in [0.1, 0.15) is 29.5 Å². The van der Waals surface area contributed by atoms with E-state index in [1.807, 2.05) is 0 Å². The first-order valence-electron chi connectivity index (χ1n) is 12.4. The Hall–Kier alpha value is -4.41. The number of hydrogen-bond acceptors (Lipinski definition) is 10. The van der Waals surface area contributed by atoms with E-state index in [1.54, 1.807) is 24.3 Å². The molecule has 2 fully saturated rings. The predicted molar refractivity (Wildman–Crippen MR) is 134 cm³/mol. The largest absolute Gasteiger partial charge is 0.508 e. The van der Waals surface area contributed by atoms with Crippen LogP contribution in [-0.4, -0.2) is 65.8 Å². The molecule has 0 bridgehead atoms. The zero-order valence-corrected chi connectivity index (χ0v) is 20.7. The van der Waals surface area contributed by atoms with E-state index < -0.39 is 42.3 Å². The maximum absolute atomic E-state index is 12.7. The van der Waals surface area contributed by atoms with E-state index in [4.69, 9.17) is 23.7 Å². The maximum Gasteiger partial charge on any atom is 0.338 e. The van der Waals surface area contributed by atoms with Crippen LogP contribution in [0, 0.1) is 0 Å². The molecular weight excluding hydrogens is 508 g/mol. The Kier molecular flexibility index (Phi) is 7.76. The van der Waals surface area contributed by atoms with Crippen LogP contribution in [0.25, 0.3) is 0 Å². The molecule has 2 unspecified atom stereocenters. The first-order chi connectivity index (χ1) is 18.9. The van der Waals surface area contributed by atoms with Crippen LogP contribution in [0.3, 0.4) is 0 Å². The van der Waals surface area contributed by atoms with Gasteiger partial charge >= 0.3 is 17.9 Å². The van der Waals surface area contributed by atoms with Crippen molar-refractivity contribution in [1.29, 1.82) is 0 Å². The van der Waals surface area contributed by atoms with Crippen molar-refractivity contribution in [3.05, 3.63) is 89.5 Å². The molecular formula is C29H26O10. The highest BCUT2D eigenvalue weighted by Crippen LogP contribution is 2.31. The van der Waals surface area contributed by atoms with E-state index >= 15 is 0 Å². The minimum atomic E-state index is -0.683. The number of phenols is 2. The minimum absolute atomic E-state index is 0.0391. The second kappa shape index (κ2) is 11.5. The standard InChI is InChI=1S/C29H26O10/c30-20-8-1-17(2-9-20)3-14-25(32)37-22-12-6-19(7-13-22)29(34)39-24-16-36-26-23(15-35-27(24)26)38-28(33)18-4-10-21(31)11-5-18/h1-2,4-13,23-24,26-27,30-31H,3,14-16H2/t23-,24-,26?,27?/m1/s1. The summed E-state index contributed by atoms with van der Waals surface area (Å²) in [6.45, 7) is 0.186. The molecule has 2 aliphatic heterocycles. The van der Waals surface area contributed by atoms with Crippen LogP contribution in [0.2, 0.25) is 0 Å². The molecule has 0 aromatic heterocycles. The SMILES string of the molecule is O=C(CCc1ccc(O)cc1)Oc1ccc(C(=O)O[C@@H]2COC3C2OC[C@H]3OC(=O)c2ccc(O)cc2)cc1. The van der Waals surface area contributed by atoms with Crippen molar-refractivity contribution < 1.29 is 48.3 Å². The summed E-state index contributed by atoms with van der Waals surface area (Å²) >= 11 is 0. The molecule has 10 heteroatoms. The average Bonchev–Trinajstić information content (AvgIpc) is 3.52. The fraction of sp³-hybridized carbons (Fsp3) is 0.276. The lowest BCUT2D eigenvalue weighted by Gasteiger charge is -2.17. The summed E-state index contributed by atoms with van der Waals surface area (Å²) < 4.78 is 27.9. The van der Waals surface area contributed by atoms with Gasteiger partial charge in [0.05, 0.1) is 24.3 Å². The molecule has 0 radical (unpaired) electrons. The number of esters is 3. The summed E-state index contributed by atoms with van der Waals surface area (Å²) in [5.41, 5.74) is 1.44. The van der Waals surface area contributed by atoms with Crippen LogP contribution in [-0.2, 0) is 30.2 Å². The number of carbonyl (C=O) groups excluding carboxylic acids is 3. The summed E-state index contributed by atoms with van der Waals surface area (Å²) in [7, 11) is 0. The summed E-state index contributed by atoms with van der Waals surface area (Å²) in [6, 6.07) is 18.3.